The molecular weight excluding hydrogens is 549 g/mol. The molecule has 1 saturated carbocycles. The second-order valence-corrected chi connectivity index (χ2v) is 11.6. The molecule has 5 rings (SSSR count). The molecule has 0 atom stereocenters. The Labute approximate surface area is 235 Å². The number of nitrogens with two attached hydrogens (primary N) is 1. The third-order valence-electron chi connectivity index (χ3n) is 6.06. The Morgan fingerprint density at radius 3 is 2.23 bits per heavy atom. The van der Waals surface area contributed by atoms with Crippen LogP contribution in [0.1, 0.15) is 46.1 Å². The van der Waals surface area contributed by atoms with Crippen LogP contribution in [-0.2, 0) is 12.1 Å². The first-order valence-corrected chi connectivity index (χ1v) is 12.9. The van der Waals surface area contributed by atoms with Crippen molar-refractivity contribution in [1.82, 2.24) is 14.5 Å². The number of benzene rings is 1. The van der Waals surface area contributed by atoms with E-state index in [0.717, 1.165) is 17.5 Å². The van der Waals surface area contributed by atoms with Crippen molar-refractivity contribution in [2.75, 3.05) is 0 Å². The quantitative estimate of drug-likeness (QED) is 0.288. The first-order valence-electron chi connectivity index (χ1n) is 12.1. The standard InChI is InChI=1S/C24H21F3N4O2S.C4H9.ClH/c1-22(33)10-23(28,11-22)15-7-5-14(6-8-15)19-17(16-4-2-3-9-29-16)18-20(34-19)30-13-31(21(18)32)12-24(25,26)27;1-4(2)3;/h2-9,13,33H,10-12,28H2,1H3;1-3H3;1H. The minimum atomic E-state index is -4.55. The van der Waals surface area contributed by atoms with Gasteiger partial charge in [-0.2, -0.15) is 13.2 Å². The number of aromatic nitrogens is 3. The fourth-order valence-corrected chi connectivity index (χ4v) is 5.90. The van der Waals surface area contributed by atoms with Crippen molar-refractivity contribution in [2.45, 2.75) is 64.4 Å². The first-order chi connectivity index (χ1) is 17.7. The van der Waals surface area contributed by atoms with E-state index in [-0.39, 0.29) is 17.8 Å². The highest BCUT2D eigenvalue weighted by molar-refractivity contribution is 7.22. The van der Waals surface area contributed by atoms with Gasteiger partial charge in [0.2, 0.25) is 0 Å². The van der Waals surface area contributed by atoms with Crippen LogP contribution in [0.25, 0.3) is 31.9 Å². The van der Waals surface area contributed by atoms with Crippen molar-refractivity contribution in [2.24, 2.45) is 5.73 Å². The number of nitrogens with zero attached hydrogens (tertiary/aromatic N) is 3. The zero-order valence-electron chi connectivity index (χ0n) is 22.0. The maximum atomic E-state index is 13.1. The Morgan fingerprint density at radius 2 is 1.72 bits per heavy atom. The average molecular weight is 580 g/mol. The Balaban J connectivity index is 0.000000788. The van der Waals surface area contributed by atoms with Crippen LogP contribution in [0.15, 0.2) is 59.8 Å². The van der Waals surface area contributed by atoms with Gasteiger partial charge in [-0.3, -0.25) is 14.3 Å². The highest BCUT2D eigenvalue weighted by Gasteiger charge is 2.49. The lowest BCUT2D eigenvalue weighted by atomic mass is 9.63. The fourth-order valence-electron chi connectivity index (χ4n) is 4.76. The van der Waals surface area contributed by atoms with Gasteiger partial charge >= 0.3 is 6.18 Å². The van der Waals surface area contributed by atoms with Gasteiger partial charge in [0.05, 0.1) is 23.0 Å². The summed E-state index contributed by atoms with van der Waals surface area (Å²) in [5.41, 5.74) is 6.86. The second kappa shape index (κ2) is 11.4. The highest BCUT2D eigenvalue weighted by Crippen LogP contribution is 2.47. The molecule has 0 aliphatic heterocycles. The van der Waals surface area contributed by atoms with Gasteiger partial charge < -0.3 is 10.8 Å². The number of alkyl halides is 3. The molecule has 0 amide bonds. The van der Waals surface area contributed by atoms with Crippen molar-refractivity contribution >= 4 is 34.0 Å². The number of aliphatic hydroxyl groups is 1. The average Bonchev–Trinajstić information content (AvgIpc) is 3.19. The van der Waals surface area contributed by atoms with E-state index in [4.69, 9.17) is 5.73 Å². The molecule has 1 fully saturated rings. The lowest BCUT2D eigenvalue weighted by Gasteiger charge is -2.49. The van der Waals surface area contributed by atoms with E-state index in [1.54, 1.807) is 31.3 Å². The summed E-state index contributed by atoms with van der Waals surface area (Å²) in [5.74, 6) is 1.42. The van der Waals surface area contributed by atoms with Crippen molar-refractivity contribution in [1.29, 1.82) is 0 Å². The molecule has 0 unspecified atom stereocenters. The zero-order valence-corrected chi connectivity index (χ0v) is 23.7. The Kier molecular flexibility index (Phi) is 8.96. The van der Waals surface area contributed by atoms with Crippen LogP contribution >= 0.6 is 23.7 Å². The summed E-state index contributed by atoms with van der Waals surface area (Å²) in [6, 6.07) is 12.7. The lowest BCUT2D eigenvalue weighted by Crippen LogP contribution is -2.58. The molecule has 0 spiro atoms. The summed E-state index contributed by atoms with van der Waals surface area (Å²) in [6.45, 7) is 6.58. The number of pyridine rings is 1. The number of rotatable bonds is 4. The summed E-state index contributed by atoms with van der Waals surface area (Å²) in [5, 5.41) is 10.2. The van der Waals surface area contributed by atoms with E-state index in [1.165, 1.54) is 17.3 Å². The maximum absolute atomic E-state index is 13.1. The van der Waals surface area contributed by atoms with Gasteiger partial charge in [-0.05, 0) is 48.9 Å². The summed E-state index contributed by atoms with van der Waals surface area (Å²) >= 11 is 1.23. The molecule has 3 aromatic heterocycles. The number of hydrogen-bond acceptors (Lipinski definition) is 6. The number of thiophene rings is 1. The van der Waals surface area contributed by atoms with Crippen LogP contribution in [0.4, 0.5) is 13.2 Å². The molecule has 1 aromatic carbocycles. The van der Waals surface area contributed by atoms with Crippen LogP contribution < -0.4 is 11.3 Å². The molecule has 209 valence electrons. The molecule has 11 heteroatoms. The number of fused-ring (bicyclic) bond motifs is 1. The van der Waals surface area contributed by atoms with Crippen LogP contribution in [0.2, 0.25) is 0 Å². The normalized spacial score (nSPS) is 20.7. The zero-order chi connectivity index (χ0) is 27.9. The van der Waals surface area contributed by atoms with Crippen molar-refractivity contribution in [3.63, 3.8) is 0 Å². The molecule has 4 aromatic rings. The van der Waals surface area contributed by atoms with E-state index >= 15 is 0 Å². The summed E-state index contributed by atoms with van der Waals surface area (Å²) < 4.78 is 39.6. The van der Waals surface area contributed by atoms with Crippen LogP contribution in [0.5, 0.6) is 0 Å². The van der Waals surface area contributed by atoms with E-state index in [2.05, 4.69) is 30.7 Å². The molecule has 0 bridgehead atoms. The van der Waals surface area contributed by atoms with Crippen LogP contribution in [0.3, 0.4) is 0 Å². The largest absolute Gasteiger partial charge is 0.406 e. The van der Waals surface area contributed by atoms with Crippen LogP contribution in [0, 0.1) is 5.92 Å². The molecule has 39 heavy (non-hydrogen) atoms. The molecular formula is C28H31ClF3N4O2S. The third kappa shape index (κ3) is 6.87. The molecule has 0 saturated heterocycles. The van der Waals surface area contributed by atoms with Crippen molar-refractivity contribution in [3.05, 3.63) is 76.8 Å². The highest BCUT2D eigenvalue weighted by atomic mass is 35.5. The summed E-state index contributed by atoms with van der Waals surface area (Å²) in [6.07, 6.45) is -1.15. The third-order valence-corrected chi connectivity index (χ3v) is 7.21. The van der Waals surface area contributed by atoms with Gasteiger partial charge in [0.25, 0.3) is 5.56 Å². The van der Waals surface area contributed by atoms with Gasteiger partial charge in [0.1, 0.15) is 11.4 Å². The monoisotopic (exact) mass is 579 g/mol. The van der Waals surface area contributed by atoms with Crippen molar-refractivity contribution < 1.29 is 18.3 Å². The smallest absolute Gasteiger partial charge is 0.390 e. The first kappa shape index (κ1) is 30.7. The molecule has 1 radical (unpaired) electrons. The van der Waals surface area contributed by atoms with Crippen LogP contribution in [-0.4, -0.2) is 31.4 Å². The molecule has 3 heterocycles. The van der Waals surface area contributed by atoms with Gasteiger partial charge in [-0.1, -0.05) is 51.1 Å². The van der Waals surface area contributed by atoms with E-state index < -0.39 is 29.4 Å². The minimum Gasteiger partial charge on any atom is -0.390 e. The van der Waals surface area contributed by atoms with E-state index in [9.17, 15) is 23.1 Å². The topological polar surface area (TPSA) is 94.0 Å². The number of halogens is 4. The summed E-state index contributed by atoms with van der Waals surface area (Å²) in [7, 11) is 0. The maximum Gasteiger partial charge on any atom is 0.406 e. The Morgan fingerprint density at radius 1 is 1.10 bits per heavy atom. The Hall–Kier alpha value is -2.79. The Bertz CT molecular complexity index is 1470. The molecule has 1 aliphatic rings. The minimum absolute atomic E-state index is 0. The van der Waals surface area contributed by atoms with Gasteiger partial charge in [0.15, 0.2) is 0 Å². The van der Waals surface area contributed by atoms with Gasteiger partial charge in [0, 0.05) is 22.2 Å². The predicted molar refractivity (Wildman–Crippen MR) is 152 cm³/mol. The lowest BCUT2D eigenvalue weighted by molar-refractivity contribution is -0.141. The van der Waals surface area contributed by atoms with E-state index in [1.807, 2.05) is 24.3 Å². The second-order valence-electron chi connectivity index (χ2n) is 10.6. The van der Waals surface area contributed by atoms with E-state index in [0.29, 0.717) is 38.4 Å². The van der Waals surface area contributed by atoms with Gasteiger partial charge in [-0.25, -0.2) is 4.98 Å². The SMILES string of the molecule is CC1(O)CC(N)(c2ccc(-c3sc4ncn(CC(F)(F)F)c(=O)c4c3-c3ccccn3)cc2)C1.C[C](C)C.Cl. The van der Waals surface area contributed by atoms with Crippen molar-refractivity contribution in [3.8, 4) is 21.7 Å². The number of hydrogen-bond donors (Lipinski definition) is 2. The molecule has 3 N–H and O–H groups in total. The summed E-state index contributed by atoms with van der Waals surface area (Å²) in [4.78, 5) is 22.6. The molecule has 6 nitrogen and oxygen atoms in total. The van der Waals surface area contributed by atoms with Gasteiger partial charge in [-0.15, -0.1) is 23.7 Å². The molecule has 1 aliphatic carbocycles. The fraction of sp³-hybridized carbons (Fsp3) is 0.357. The predicted octanol–water partition coefficient (Wildman–Crippen LogP) is 6.49.